The Morgan fingerprint density at radius 2 is 1.75 bits per heavy atom. The van der Waals surface area contributed by atoms with Crippen LogP contribution in [0, 0.1) is 0 Å². The molecule has 0 bridgehead atoms. The molecule has 0 radical (unpaired) electrons. The fourth-order valence-corrected chi connectivity index (χ4v) is 3.07. The fourth-order valence-electron chi connectivity index (χ4n) is 3.07. The van der Waals surface area contributed by atoms with Crippen molar-refractivity contribution in [1.82, 2.24) is 4.90 Å². The average molecular weight is 385 g/mol. The topological polar surface area (TPSA) is 85.3 Å². The van der Waals surface area contributed by atoms with Crippen LogP contribution in [0.2, 0.25) is 0 Å². The number of methoxy groups -OCH3 is 1. The van der Waals surface area contributed by atoms with E-state index in [0.29, 0.717) is 0 Å². The van der Waals surface area contributed by atoms with E-state index in [1.807, 2.05) is 24.3 Å². The fraction of sp³-hybridized carbons (Fsp3) is 0.333. The Morgan fingerprint density at radius 1 is 1.07 bits per heavy atom. The van der Waals surface area contributed by atoms with Crippen molar-refractivity contribution in [2.24, 2.45) is 0 Å². The van der Waals surface area contributed by atoms with Crippen LogP contribution in [0.25, 0.3) is 0 Å². The summed E-state index contributed by atoms with van der Waals surface area (Å²) in [6, 6.07) is 12.5. The molecular weight excluding hydrogens is 362 g/mol. The minimum Gasteiger partial charge on any atom is -0.488 e. The summed E-state index contributed by atoms with van der Waals surface area (Å²) in [5.74, 6) is -1.82. The van der Waals surface area contributed by atoms with Gasteiger partial charge in [0.25, 0.3) is 0 Å². The highest BCUT2D eigenvalue weighted by molar-refractivity contribution is 6.04. The highest BCUT2D eigenvalue weighted by atomic mass is 16.5. The summed E-state index contributed by atoms with van der Waals surface area (Å²) in [7, 11) is 1.21. The first kappa shape index (κ1) is 19.9. The van der Waals surface area contributed by atoms with Crippen molar-refractivity contribution >= 4 is 11.9 Å². The molecule has 7 heteroatoms. The summed E-state index contributed by atoms with van der Waals surface area (Å²) in [6.45, 7) is 4.46. The minimum absolute atomic E-state index is 0.0339. The Kier molecular flexibility index (Phi) is 6.62. The van der Waals surface area contributed by atoms with Crippen LogP contribution in [0.15, 0.2) is 42.5 Å². The molecular formula is C21H23NO6. The van der Waals surface area contributed by atoms with Crippen molar-refractivity contribution < 1.29 is 28.9 Å². The molecule has 1 aliphatic rings. The first-order chi connectivity index (χ1) is 13.6. The Labute approximate surface area is 163 Å². The van der Waals surface area contributed by atoms with Crippen LogP contribution in [0.5, 0.6) is 5.75 Å². The molecule has 0 saturated carbocycles. The number of benzene rings is 2. The van der Waals surface area contributed by atoms with Crippen molar-refractivity contribution in [2.75, 3.05) is 33.4 Å². The zero-order chi connectivity index (χ0) is 19.9. The van der Waals surface area contributed by atoms with Gasteiger partial charge in [0.2, 0.25) is 0 Å². The van der Waals surface area contributed by atoms with E-state index in [1.54, 1.807) is 6.07 Å². The molecule has 7 nitrogen and oxygen atoms in total. The lowest BCUT2D eigenvalue weighted by atomic mass is 10.1. The first-order valence-corrected chi connectivity index (χ1v) is 9.04. The van der Waals surface area contributed by atoms with Crippen LogP contribution in [-0.4, -0.2) is 55.4 Å². The van der Waals surface area contributed by atoms with Gasteiger partial charge in [-0.25, -0.2) is 9.59 Å². The van der Waals surface area contributed by atoms with E-state index in [0.717, 1.165) is 38.4 Å². The average Bonchev–Trinajstić information content (AvgIpc) is 2.73. The number of morpholine rings is 1. The van der Waals surface area contributed by atoms with E-state index >= 15 is 0 Å². The van der Waals surface area contributed by atoms with E-state index in [4.69, 9.17) is 9.47 Å². The first-order valence-electron chi connectivity index (χ1n) is 9.04. The second kappa shape index (κ2) is 9.34. The summed E-state index contributed by atoms with van der Waals surface area (Å²) in [5.41, 5.74) is 1.88. The molecule has 0 unspecified atom stereocenters. The van der Waals surface area contributed by atoms with Gasteiger partial charge >= 0.3 is 11.9 Å². The molecule has 2 aromatic carbocycles. The van der Waals surface area contributed by atoms with E-state index in [9.17, 15) is 14.7 Å². The summed E-state index contributed by atoms with van der Waals surface area (Å²) < 4.78 is 15.7. The highest BCUT2D eigenvalue weighted by Crippen LogP contribution is 2.24. The zero-order valence-electron chi connectivity index (χ0n) is 15.7. The second-order valence-electron chi connectivity index (χ2n) is 6.47. The molecule has 28 heavy (non-hydrogen) atoms. The normalized spacial score (nSPS) is 14.5. The predicted octanol–water partition coefficient (Wildman–Crippen LogP) is 2.58. The number of carboxylic acids is 1. The number of carbonyl (C=O) groups excluding carboxylic acids is 1. The summed E-state index contributed by atoms with van der Waals surface area (Å²) >= 11 is 0. The number of rotatable bonds is 7. The van der Waals surface area contributed by atoms with E-state index < -0.39 is 11.9 Å². The lowest BCUT2D eigenvalue weighted by Gasteiger charge is -2.26. The maximum Gasteiger partial charge on any atom is 0.340 e. The molecule has 0 spiro atoms. The molecule has 1 aliphatic heterocycles. The van der Waals surface area contributed by atoms with Crippen LogP contribution in [-0.2, 0) is 22.6 Å². The van der Waals surface area contributed by atoms with E-state index in [1.165, 1.54) is 24.8 Å². The molecule has 0 aliphatic carbocycles. The molecule has 1 heterocycles. The van der Waals surface area contributed by atoms with Gasteiger partial charge in [-0.05, 0) is 23.3 Å². The lowest BCUT2D eigenvalue weighted by molar-refractivity contribution is 0.0342. The number of aromatic carboxylic acids is 1. The minimum atomic E-state index is -1.24. The van der Waals surface area contributed by atoms with E-state index in [2.05, 4.69) is 9.64 Å². The van der Waals surface area contributed by atoms with Crippen molar-refractivity contribution in [3.8, 4) is 5.75 Å². The van der Waals surface area contributed by atoms with Crippen LogP contribution < -0.4 is 4.74 Å². The molecule has 2 aromatic rings. The second-order valence-corrected chi connectivity index (χ2v) is 6.47. The Morgan fingerprint density at radius 3 is 2.39 bits per heavy atom. The molecule has 1 saturated heterocycles. The lowest BCUT2D eigenvalue weighted by Crippen LogP contribution is -2.35. The SMILES string of the molecule is COC(=O)c1cccc(OCc2ccc(CN3CCOCC3)cc2)c1C(=O)O. The van der Waals surface area contributed by atoms with Gasteiger partial charge in [-0.15, -0.1) is 0 Å². The number of esters is 1. The van der Waals surface area contributed by atoms with Crippen molar-refractivity contribution in [2.45, 2.75) is 13.2 Å². The third kappa shape index (κ3) is 4.88. The molecule has 0 aromatic heterocycles. The number of hydrogen-bond donors (Lipinski definition) is 1. The van der Waals surface area contributed by atoms with Gasteiger partial charge in [-0.2, -0.15) is 0 Å². The Bertz CT molecular complexity index is 827. The Balaban J connectivity index is 1.67. The number of hydrogen-bond acceptors (Lipinski definition) is 6. The molecule has 0 amide bonds. The largest absolute Gasteiger partial charge is 0.488 e. The molecule has 0 atom stereocenters. The van der Waals surface area contributed by atoms with Gasteiger partial charge in [-0.3, -0.25) is 4.90 Å². The summed E-state index contributed by atoms with van der Waals surface area (Å²) in [4.78, 5) is 25.8. The third-order valence-electron chi connectivity index (χ3n) is 4.57. The quantitative estimate of drug-likeness (QED) is 0.733. The zero-order valence-corrected chi connectivity index (χ0v) is 15.7. The maximum atomic E-state index is 11.8. The monoisotopic (exact) mass is 385 g/mol. The molecule has 148 valence electrons. The van der Waals surface area contributed by atoms with Crippen molar-refractivity contribution in [1.29, 1.82) is 0 Å². The summed E-state index contributed by atoms with van der Waals surface area (Å²) in [6.07, 6.45) is 0. The number of carboxylic acid groups (broad SMARTS) is 1. The van der Waals surface area contributed by atoms with Crippen LogP contribution in [0.1, 0.15) is 31.8 Å². The van der Waals surface area contributed by atoms with Gasteiger partial charge in [-0.1, -0.05) is 30.3 Å². The van der Waals surface area contributed by atoms with E-state index in [-0.39, 0.29) is 23.5 Å². The van der Waals surface area contributed by atoms with Gasteiger partial charge in [0.15, 0.2) is 0 Å². The van der Waals surface area contributed by atoms with Gasteiger partial charge in [0.1, 0.15) is 17.9 Å². The number of nitrogens with zero attached hydrogens (tertiary/aromatic N) is 1. The molecule has 3 rings (SSSR count). The third-order valence-corrected chi connectivity index (χ3v) is 4.57. The van der Waals surface area contributed by atoms with Gasteiger partial charge < -0.3 is 19.3 Å². The molecule has 1 N–H and O–H groups in total. The van der Waals surface area contributed by atoms with Gasteiger partial charge in [0, 0.05) is 19.6 Å². The Hall–Kier alpha value is -2.90. The van der Waals surface area contributed by atoms with Crippen molar-refractivity contribution in [3.05, 3.63) is 64.7 Å². The van der Waals surface area contributed by atoms with Crippen LogP contribution >= 0.6 is 0 Å². The van der Waals surface area contributed by atoms with Crippen molar-refractivity contribution in [3.63, 3.8) is 0 Å². The van der Waals surface area contributed by atoms with Crippen LogP contribution in [0.3, 0.4) is 0 Å². The van der Waals surface area contributed by atoms with Crippen LogP contribution in [0.4, 0.5) is 0 Å². The predicted molar refractivity (Wildman–Crippen MR) is 102 cm³/mol. The highest BCUT2D eigenvalue weighted by Gasteiger charge is 2.22. The summed E-state index contributed by atoms with van der Waals surface area (Å²) in [5, 5.41) is 9.48. The maximum absolute atomic E-state index is 11.8. The smallest absolute Gasteiger partial charge is 0.340 e. The van der Waals surface area contributed by atoms with Gasteiger partial charge in [0.05, 0.1) is 25.9 Å². The number of carbonyl (C=O) groups is 2. The molecule has 1 fully saturated rings. The number of ether oxygens (including phenoxy) is 3. The standard InChI is InChI=1S/C21H23NO6/c1-26-21(25)17-3-2-4-18(19(17)20(23)24)28-14-16-7-5-15(6-8-16)13-22-9-11-27-12-10-22/h2-8H,9-14H2,1H3,(H,23,24).